The van der Waals surface area contributed by atoms with Crippen LogP contribution in [-0.4, -0.2) is 51.6 Å². The highest BCUT2D eigenvalue weighted by Crippen LogP contribution is 2.27. The Morgan fingerprint density at radius 1 is 1.18 bits per heavy atom. The van der Waals surface area contributed by atoms with Gasteiger partial charge >= 0.3 is 11.7 Å². The molecule has 7 nitrogen and oxygen atoms in total. The molecule has 0 atom stereocenters. The molecule has 0 aromatic heterocycles. The summed E-state index contributed by atoms with van der Waals surface area (Å²) in [5.41, 5.74) is 0. The monoisotopic (exact) mass is 357 g/mol. The molecule has 0 spiro atoms. The van der Waals surface area contributed by atoms with Gasteiger partial charge in [0.15, 0.2) is 0 Å². The van der Waals surface area contributed by atoms with Crippen LogP contribution in [0.2, 0.25) is 0 Å². The number of alkyl halides is 2. The number of hydrogen-bond acceptors (Lipinski definition) is 5. The largest absolute Gasteiger partial charge is 0.481 e. The molecule has 0 aliphatic heterocycles. The van der Waals surface area contributed by atoms with Crippen molar-refractivity contribution >= 4 is 25.8 Å². The Balaban J connectivity index is 3.36. The number of sulfonamides is 1. The molecular weight excluding hydrogens is 344 g/mol. The van der Waals surface area contributed by atoms with E-state index in [1.807, 2.05) is 0 Å². The van der Waals surface area contributed by atoms with E-state index in [1.165, 1.54) is 6.07 Å². The van der Waals surface area contributed by atoms with E-state index in [4.69, 9.17) is 5.11 Å². The van der Waals surface area contributed by atoms with Crippen molar-refractivity contribution in [3.8, 4) is 0 Å². The van der Waals surface area contributed by atoms with Crippen LogP contribution in [0.1, 0.15) is 6.42 Å². The molecule has 0 aliphatic rings. The third kappa shape index (κ3) is 3.78. The molecular formula is C11H13F2NO6S2. The van der Waals surface area contributed by atoms with Gasteiger partial charge < -0.3 is 5.11 Å². The molecule has 1 N–H and O–H groups in total. The summed E-state index contributed by atoms with van der Waals surface area (Å²) in [7, 11) is -8.50. The number of carbonyl (C=O) groups is 1. The number of carboxylic acid groups (broad SMARTS) is 1. The highest BCUT2D eigenvalue weighted by atomic mass is 32.2. The Morgan fingerprint density at radius 2 is 1.68 bits per heavy atom. The third-order valence-corrected chi connectivity index (χ3v) is 6.20. The van der Waals surface area contributed by atoms with Crippen molar-refractivity contribution in [2.75, 3.05) is 13.6 Å². The van der Waals surface area contributed by atoms with Crippen LogP contribution in [0.3, 0.4) is 0 Å². The highest BCUT2D eigenvalue weighted by Gasteiger charge is 2.34. The Hall–Kier alpha value is -1.59. The van der Waals surface area contributed by atoms with Gasteiger partial charge in [0.25, 0.3) is 0 Å². The first-order chi connectivity index (χ1) is 10.0. The number of nitrogens with zero attached hydrogens (tertiary/aromatic N) is 1. The molecule has 124 valence electrons. The standard InChI is InChI=1S/C11H13F2NO6S2/c1-14(7-6-10(15)16)22(19,20)9-5-3-2-4-8(9)21(17,18)11(12)13/h2-5,11H,6-7H2,1H3,(H,15,16). The lowest BCUT2D eigenvalue weighted by Gasteiger charge is -2.18. The van der Waals surface area contributed by atoms with Crippen molar-refractivity contribution in [3.05, 3.63) is 24.3 Å². The number of carboxylic acids is 1. The zero-order valence-corrected chi connectivity index (χ0v) is 12.9. The minimum Gasteiger partial charge on any atom is -0.481 e. The van der Waals surface area contributed by atoms with E-state index in [0.29, 0.717) is 4.31 Å². The van der Waals surface area contributed by atoms with Gasteiger partial charge in [-0.3, -0.25) is 4.79 Å². The van der Waals surface area contributed by atoms with Crippen LogP contribution < -0.4 is 0 Å². The molecule has 22 heavy (non-hydrogen) atoms. The number of benzene rings is 1. The van der Waals surface area contributed by atoms with Crippen LogP contribution in [0.5, 0.6) is 0 Å². The summed E-state index contributed by atoms with van der Waals surface area (Å²) in [5, 5.41) is 8.54. The average Bonchev–Trinajstić information content (AvgIpc) is 2.44. The summed E-state index contributed by atoms with van der Waals surface area (Å²) in [6.07, 6.45) is -0.514. The second-order valence-corrected chi connectivity index (χ2v) is 8.12. The summed E-state index contributed by atoms with van der Waals surface area (Å²) >= 11 is 0. The van der Waals surface area contributed by atoms with Gasteiger partial charge in [0.05, 0.1) is 11.3 Å². The van der Waals surface area contributed by atoms with Crippen LogP contribution >= 0.6 is 0 Å². The molecule has 0 aliphatic carbocycles. The lowest BCUT2D eigenvalue weighted by atomic mass is 10.4. The van der Waals surface area contributed by atoms with Gasteiger partial charge in [0.1, 0.15) is 4.90 Å². The topological polar surface area (TPSA) is 109 Å². The molecule has 1 rings (SSSR count). The number of aliphatic carboxylic acids is 1. The number of halogens is 2. The second-order valence-electron chi connectivity index (χ2n) is 4.22. The van der Waals surface area contributed by atoms with E-state index < -0.39 is 54.3 Å². The van der Waals surface area contributed by atoms with Crippen molar-refractivity contribution in [1.82, 2.24) is 4.31 Å². The lowest BCUT2D eigenvalue weighted by Crippen LogP contribution is -2.30. The Morgan fingerprint density at radius 3 is 2.14 bits per heavy atom. The molecule has 0 unspecified atom stereocenters. The minimum absolute atomic E-state index is 0.430. The predicted molar refractivity (Wildman–Crippen MR) is 71.7 cm³/mol. The fourth-order valence-corrected chi connectivity index (χ4v) is 4.25. The second kappa shape index (κ2) is 6.67. The maximum atomic E-state index is 12.6. The molecule has 1 aromatic rings. The first-order valence-electron chi connectivity index (χ1n) is 5.80. The van der Waals surface area contributed by atoms with E-state index >= 15 is 0 Å². The number of rotatable bonds is 7. The van der Waals surface area contributed by atoms with E-state index in [9.17, 15) is 30.4 Å². The van der Waals surface area contributed by atoms with E-state index in [1.54, 1.807) is 0 Å². The van der Waals surface area contributed by atoms with Crippen molar-refractivity contribution in [3.63, 3.8) is 0 Å². The van der Waals surface area contributed by atoms with E-state index in [-0.39, 0.29) is 0 Å². The minimum atomic E-state index is -5.11. The maximum absolute atomic E-state index is 12.6. The summed E-state index contributed by atoms with van der Waals surface area (Å²) in [6.45, 7) is -0.430. The Kier molecular flexibility index (Phi) is 5.59. The van der Waals surface area contributed by atoms with Crippen LogP contribution in [0.25, 0.3) is 0 Å². The number of sulfone groups is 1. The van der Waals surface area contributed by atoms with Gasteiger partial charge in [-0.05, 0) is 12.1 Å². The molecule has 0 saturated heterocycles. The van der Waals surface area contributed by atoms with E-state index in [0.717, 1.165) is 25.2 Å². The summed E-state index contributed by atoms with van der Waals surface area (Å²) in [6, 6.07) is 3.94. The van der Waals surface area contributed by atoms with Crippen LogP contribution in [0, 0.1) is 0 Å². The zero-order chi connectivity index (χ0) is 17.1. The summed E-state index contributed by atoms with van der Waals surface area (Å²) < 4.78 is 73.5. The van der Waals surface area contributed by atoms with E-state index in [2.05, 4.69) is 0 Å². The zero-order valence-electron chi connectivity index (χ0n) is 11.3. The summed E-state index contributed by atoms with van der Waals surface area (Å²) in [4.78, 5) is 8.63. The Labute approximate surface area is 126 Å². The molecule has 11 heteroatoms. The molecule has 0 fully saturated rings. The smallest absolute Gasteiger partial charge is 0.341 e. The van der Waals surface area contributed by atoms with Crippen LogP contribution in [0.4, 0.5) is 8.78 Å². The first kappa shape index (κ1) is 18.5. The van der Waals surface area contributed by atoms with Gasteiger partial charge in [-0.1, -0.05) is 12.1 Å². The normalized spacial score (nSPS) is 12.8. The highest BCUT2D eigenvalue weighted by molar-refractivity contribution is 7.93. The fourth-order valence-electron chi connectivity index (χ4n) is 1.54. The third-order valence-electron chi connectivity index (χ3n) is 2.72. The van der Waals surface area contributed by atoms with Gasteiger partial charge in [-0.2, -0.15) is 8.78 Å². The summed E-state index contributed by atoms with van der Waals surface area (Å²) in [5.74, 6) is -5.02. The van der Waals surface area contributed by atoms with Crippen LogP contribution in [-0.2, 0) is 24.7 Å². The fraction of sp³-hybridized carbons (Fsp3) is 0.364. The first-order valence-corrected chi connectivity index (χ1v) is 8.79. The van der Waals surface area contributed by atoms with Crippen LogP contribution in [0.15, 0.2) is 34.1 Å². The molecule has 0 radical (unpaired) electrons. The van der Waals surface area contributed by atoms with Gasteiger partial charge in [-0.25, -0.2) is 21.1 Å². The van der Waals surface area contributed by atoms with Crippen molar-refractivity contribution in [2.24, 2.45) is 0 Å². The quantitative estimate of drug-likeness (QED) is 0.772. The van der Waals surface area contributed by atoms with Gasteiger partial charge in [0.2, 0.25) is 19.9 Å². The van der Waals surface area contributed by atoms with Gasteiger partial charge in [-0.15, -0.1) is 0 Å². The SMILES string of the molecule is CN(CCC(=O)O)S(=O)(=O)c1ccccc1S(=O)(=O)C(F)F. The maximum Gasteiger partial charge on any atom is 0.341 e. The Bertz CT molecular complexity index is 761. The molecule has 0 heterocycles. The van der Waals surface area contributed by atoms with Crippen molar-refractivity contribution < 1.29 is 35.5 Å². The van der Waals surface area contributed by atoms with Crippen molar-refractivity contribution in [2.45, 2.75) is 22.0 Å². The van der Waals surface area contributed by atoms with Crippen molar-refractivity contribution in [1.29, 1.82) is 0 Å². The predicted octanol–water partition coefficient (Wildman–Crippen LogP) is 0.778. The molecule has 0 bridgehead atoms. The number of hydrogen-bond donors (Lipinski definition) is 1. The lowest BCUT2D eigenvalue weighted by molar-refractivity contribution is -0.137. The van der Waals surface area contributed by atoms with Gasteiger partial charge in [0, 0.05) is 13.6 Å². The molecule has 0 amide bonds. The molecule has 0 saturated carbocycles. The average molecular weight is 357 g/mol. The molecule has 1 aromatic carbocycles.